The van der Waals surface area contributed by atoms with Crippen LogP contribution in [0.1, 0.15) is 22.8 Å². The predicted molar refractivity (Wildman–Crippen MR) is 76.7 cm³/mol. The lowest BCUT2D eigenvalue weighted by Gasteiger charge is -2.30. The first-order valence-electron chi connectivity index (χ1n) is 7.15. The zero-order valence-corrected chi connectivity index (χ0v) is 11.9. The lowest BCUT2D eigenvalue weighted by molar-refractivity contribution is 0.103. The van der Waals surface area contributed by atoms with Crippen LogP contribution >= 0.6 is 0 Å². The summed E-state index contributed by atoms with van der Waals surface area (Å²) in [6.07, 6.45) is -0.376. The van der Waals surface area contributed by atoms with Gasteiger partial charge in [-0.05, 0) is 47.9 Å². The van der Waals surface area contributed by atoms with Crippen LogP contribution in [0.15, 0.2) is 36.4 Å². The van der Waals surface area contributed by atoms with Crippen LogP contribution in [0.2, 0.25) is 0 Å². The number of benzene rings is 2. The monoisotopic (exact) mass is 307 g/mol. The van der Waals surface area contributed by atoms with Gasteiger partial charge in [-0.1, -0.05) is 6.07 Å². The van der Waals surface area contributed by atoms with E-state index in [9.17, 15) is 18.3 Å². The summed E-state index contributed by atoms with van der Waals surface area (Å²) in [7, 11) is 0. The Morgan fingerprint density at radius 2 is 1.73 bits per heavy atom. The zero-order chi connectivity index (χ0) is 15.7. The van der Waals surface area contributed by atoms with Crippen molar-refractivity contribution in [2.24, 2.45) is 0 Å². The molecule has 5 heteroatoms. The Balaban J connectivity index is 1.73. The molecule has 0 saturated heterocycles. The van der Waals surface area contributed by atoms with E-state index in [1.54, 1.807) is 6.07 Å². The molecular weight excluding hydrogens is 291 g/mol. The van der Waals surface area contributed by atoms with Crippen LogP contribution < -0.4 is 0 Å². The van der Waals surface area contributed by atoms with Crippen molar-refractivity contribution in [3.8, 4) is 0 Å². The van der Waals surface area contributed by atoms with Gasteiger partial charge in [-0.15, -0.1) is 0 Å². The minimum absolute atomic E-state index is 0.0509. The van der Waals surface area contributed by atoms with Crippen LogP contribution in [0.4, 0.5) is 13.2 Å². The van der Waals surface area contributed by atoms with Crippen molar-refractivity contribution in [3.63, 3.8) is 0 Å². The van der Waals surface area contributed by atoms with Crippen molar-refractivity contribution in [2.75, 3.05) is 13.1 Å². The second-order valence-corrected chi connectivity index (χ2v) is 5.58. The molecule has 0 fully saturated rings. The highest BCUT2D eigenvalue weighted by Gasteiger charge is 2.21. The van der Waals surface area contributed by atoms with Gasteiger partial charge in [-0.3, -0.25) is 4.90 Å². The molecule has 2 aromatic carbocycles. The summed E-state index contributed by atoms with van der Waals surface area (Å²) in [5, 5.41) is 10.2. The normalized spacial score (nSPS) is 16.4. The smallest absolute Gasteiger partial charge is 0.129 e. The van der Waals surface area contributed by atoms with E-state index in [-0.39, 0.29) is 17.9 Å². The number of rotatable bonds is 3. The average molecular weight is 307 g/mol. The summed E-state index contributed by atoms with van der Waals surface area (Å²) < 4.78 is 40.2. The van der Waals surface area contributed by atoms with Crippen molar-refractivity contribution < 1.29 is 18.3 Å². The van der Waals surface area contributed by atoms with Gasteiger partial charge >= 0.3 is 0 Å². The largest absolute Gasteiger partial charge is 0.387 e. The number of aliphatic hydroxyl groups excluding tert-OH is 1. The van der Waals surface area contributed by atoms with E-state index in [4.69, 9.17) is 0 Å². The van der Waals surface area contributed by atoms with E-state index in [1.807, 2.05) is 4.90 Å². The van der Waals surface area contributed by atoms with E-state index in [0.717, 1.165) is 35.7 Å². The van der Waals surface area contributed by atoms with Gasteiger partial charge in [0, 0.05) is 25.2 Å². The zero-order valence-electron chi connectivity index (χ0n) is 11.9. The molecule has 0 bridgehead atoms. The molecule has 22 heavy (non-hydrogen) atoms. The summed E-state index contributed by atoms with van der Waals surface area (Å²) in [4.78, 5) is 1.91. The topological polar surface area (TPSA) is 23.5 Å². The molecule has 116 valence electrons. The number of β-amino-alcohol motifs (C(OH)–C–C–N with tert-alkyl or cyclic N) is 1. The maximum absolute atomic E-state index is 13.7. The number of fused-ring (bicyclic) bond motifs is 1. The van der Waals surface area contributed by atoms with Gasteiger partial charge in [0.25, 0.3) is 0 Å². The van der Waals surface area contributed by atoms with Gasteiger partial charge in [-0.2, -0.15) is 0 Å². The van der Waals surface area contributed by atoms with Crippen LogP contribution in [-0.2, 0) is 13.0 Å². The number of hydrogen-bond acceptors (Lipinski definition) is 2. The highest BCUT2D eigenvalue weighted by molar-refractivity contribution is 5.30. The molecule has 1 unspecified atom stereocenters. The third-order valence-electron chi connectivity index (χ3n) is 4.01. The van der Waals surface area contributed by atoms with Crippen LogP contribution in [0, 0.1) is 17.5 Å². The quantitative estimate of drug-likeness (QED) is 0.941. The summed E-state index contributed by atoms with van der Waals surface area (Å²) in [6.45, 7) is 1.35. The Hall–Kier alpha value is -1.85. The summed E-state index contributed by atoms with van der Waals surface area (Å²) >= 11 is 0. The molecule has 3 rings (SSSR count). The van der Waals surface area contributed by atoms with Crippen LogP contribution in [0.25, 0.3) is 0 Å². The third-order valence-corrected chi connectivity index (χ3v) is 4.01. The van der Waals surface area contributed by atoms with Crippen LogP contribution in [-0.4, -0.2) is 23.1 Å². The van der Waals surface area contributed by atoms with E-state index in [0.29, 0.717) is 13.1 Å². The summed E-state index contributed by atoms with van der Waals surface area (Å²) in [5.41, 5.74) is 1.91. The molecule has 1 atom stereocenters. The molecule has 0 aliphatic carbocycles. The Kier molecular flexibility index (Phi) is 4.18. The fourth-order valence-electron chi connectivity index (χ4n) is 2.85. The molecule has 1 N–H and O–H groups in total. The lowest BCUT2D eigenvalue weighted by Crippen LogP contribution is -2.34. The second-order valence-electron chi connectivity index (χ2n) is 5.58. The first-order valence-corrected chi connectivity index (χ1v) is 7.15. The fourth-order valence-corrected chi connectivity index (χ4v) is 2.85. The van der Waals surface area contributed by atoms with Gasteiger partial charge in [-0.25, -0.2) is 13.2 Å². The molecule has 0 aromatic heterocycles. The van der Waals surface area contributed by atoms with Crippen molar-refractivity contribution >= 4 is 0 Å². The summed E-state index contributed by atoms with van der Waals surface area (Å²) in [6, 6.07) is 7.73. The molecule has 0 saturated carbocycles. The standard InChI is InChI=1S/C17H16F3NO/c18-13-2-1-11-5-6-21(9-12(11)7-13)10-17(22)15-8-14(19)3-4-16(15)20/h1-4,7-8,17,22H,5-6,9-10H2. The SMILES string of the molecule is OC(CN1CCc2ccc(F)cc2C1)c1cc(F)ccc1F. The van der Waals surface area contributed by atoms with Crippen molar-refractivity contribution in [1.29, 1.82) is 0 Å². The maximum Gasteiger partial charge on any atom is 0.129 e. The molecule has 1 aliphatic heterocycles. The van der Waals surface area contributed by atoms with E-state index >= 15 is 0 Å². The third kappa shape index (κ3) is 3.15. The molecule has 0 radical (unpaired) electrons. The highest BCUT2D eigenvalue weighted by atomic mass is 19.1. The van der Waals surface area contributed by atoms with Gasteiger partial charge in [0.1, 0.15) is 17.5 Å². The lowest BCUT2D eigenvalue weighted by atomic mass is 9.99. The number of aliphatic hydroxyl groups is 1. The van der Waals surface area contributed by atoms with E-state index < -0.39 is 17.7 Å². The van der Waals surface area contributed by atoms with Gasteiger partial charge in [0.05, 0.1) is 6.10 Å². The molecular formula is C17H16F3NO. The predicted octanol–water partition coefficient (Wildman–Crippen LogP) is 3.20. The van der Waals surface area contributed by atoms with E-state index in [1.165, 1.54) is 12.1 Å². The first kappa shape index (κ1) is 15.1. The number of hydrogen-bond donors (Lipinski definition) is 1. The molecule has 1 heterocycles. The summed E-state index contributed by atoms with van der Waals surface area (Å²) in [5.74, 6) is -1.50. The van der Waals surface area contributed by atoms with Gasteiger partial charge < -0.3 is 5.11 Å². The molecule has 0 spiro atoms. The maximum atomic E-state index is 13.7. The molecule has 1 aliphatic rings. The fraction of sp³-hybridized carbons (Fsp3) is 0.294. The Bertz CT molecular complexity index is 690. The number of halogens is 3. The Morgan fingerprint density at radius 3 is 2.55 bits per heavy atom. The van der Waals surface area contributed by atoms with Crippen LogP contribution in [0.3, 0.4) is 0 Å². The van der Waals surface area contributed by atoms with Crippen molar-refractivity contribution in [2.45, 2.75) is 19.1 Å². The van der Waals surface area contributed by atoms with Crippen molar-refractivity contribution in [3.05, 3.63) is 70.5 Å². The minimum atomic E-state index is -1.12. The first-order chi connectivity index (χ1) is 10.5. The van der Waals surface area contributed by atoms with Gasteiger partial charge in [0.15, 0.2) is 0 Å². The van der Waals surface area contributed by atoms with Crippen molar-refractivity contribution in [1.82, 2.24) is 4.90 Å². The Morgan fingerprint density at radius 1 is 1.00 bits per heavy atom. The van der Waals surface area contributed by atoms with Crippen LogP contribution in [0.5, 0.6) is 0 Å². The Labute approximate surface area is 126 Å². The highest BCUT2D eigenvalue weighted by Crippen LogP contribution is 2.24. The minimum Gasteiger partial charge on any atom is -0.387 e. The molecule has 2 nitrogen and oxygen atoms in total. The van der Waals surface area contributed by atoms with Gasteiger partial charge in [0.2, 0.25) is 0 Å². The second kappa shape index (κ2) is 6.10. The number of nitrogens with zero attached hydrogens (tertiary/aromatic N) is 1. The van der Waals surface area contributed by atoms with E-state index in [2.05, 4.69) is 0 Å². The molecule has 0 amide bonds. The average Bonchev–Trinajstić information content (AvgIpc) is 2.49. The molecule has 2 aromatic rings.